The van der Waals surface area contributed by atoms with Gasteiger partial charge in [0.05, 0.1) is 0 Å². The molecule has 6 nitrogen and oxygen atoms in total. The molecule has 0 bridgehead atoms. The van der Waals surface area contributed by atoms with Crippen molar-refractivity contribution in [1.82, 2.24) is 10.6 Å². The standard InChI is InChI=1S/C11H20N2O4/c1-7(14)12-6-5-8(15)13-9(10(16)17)11(2,3)4/h9H,5-6H2,1-4H3,(H,12,14)(H,13,15)(H,16,17)/t9-/m1/s1. The molecule has 3 N–H and O–H groups in total. The fraction of sp³-hybridized carbons (Fsp3) is 0.727. The maximum Gasteiger partial charge on any atom is 0.326 e. The molecule has 0 aliphatic rings. The van der Waals surface area contributed by atoms with Crippen LogP contribution in [0.25, 0.3) is 0 Å². The molecule has 0 radical (unpaired) electrons. The first-order valence-corrected chi connectivity index (χ1v) is 5.41. The summed E-state index contributed by atoms with van der Waals surface area (Å²) in [7, 11) is 0. The van der Waals surface area contributed by atoms with E-state index < -0.39 is 17.4 Å². The van der Waals surface area contributed by atoms with Crippen LogP contribution < -0.4 is 10.6 Å². The molecule has 0 aromatic rings. The molecule has 17 heavy (non-hydrogen) atoms. The highest BCUT2D eigenvalue weighted by Crippen LogP contribution is 2.19. The number of rotatable bonds is 5. The van der Waals surface area contributed by atoms with Gasteiger partial charge in [-0.1, -0.05) is 20.8 Å². The monoisotopic (exact) mass is 244 g/mol. The first-order valence-electron chi connectivity index (χ1n) is 5.41. The minimum Gasteiger partial charge on any atom is -0.480 e. The van der Waals surface area contributed by atoms with E-state index in [-0.39, 0.29) is 24.8 Å². The number of hydrogen-bond acceptors (Lipinski definition) is 3. The quantitative estimate of drug-likeness (QED) is 0.640. The number of carbonyl (C=O) groups is 3. The van der Waals surface area contributed by atoms with Gasteiger partial charge in [-0.05, 0) is 5.41 Å². The summed E-state index contributed by atoms with van der Waals surface area (Å²) < 4.78 is 0. The molecular weight excluding hydrogens is 224 g/mol. The fourth-order valence-corrected chi connectivity index (χ4v) is 1.23. The minimum atomic E-state index is -1.06. The molecule has 0 rings (SSSR count). The van der Waals surface area contributed by atoms with Crippen molar-refractivity contribution in [2.24, 2.45) is 5.41 Å². The summed E-state index contributed by atoms with van der Waals surface area (Å²) >= 11 is 0. The Balaban J connectivity index is 4.24. The van der Waals surface area contributed by atoms with Crippen molar-refractivity contribution in [3.63, 3.8) is 0 Å². The lowest BCUT2D eigenvalue weighted by Gasteiger charge is -2.27. The molecule has 2 amide bonds. The Labute approximate surface area is 101 Å². The normalized spacial score (nSPS) is 12.7. The van der Waals surface area contributed by atoms with Crippen LogP contribution in [0.3, 0.4) is 0 Å². The number of nitrogens with one attached hydrogen (secondary N) is 2. The molecule has 0 saturated heterocycles. The van der Waals surface area contributed by atoms with E-state index in [1.165, 1.54) is 6.92 Å². The summed E-state index contributed by atoms with van der Waals surface area (Å²) in [6.45, 7) is 6.77. The minimum absolute atomic E-state index is 0.0689. The van der Waals surface area contributed by atoms with Crippen molar-refractivity contribution in [3.8, 4) is 0 Å². The lowest BCUT2D eigenvalue weighted by molar-refractivity contribution is -0.145. The molecule has 0 aromatic heterocycles. The molecule has 0 saturated carbocycles. The van der Waals surface area contributed by atoms with Gasteiger partial charge in [0.25, 0.3) is 0 Å². The summed E-state index contributed by atoms with van der Waals surface area (Å²) in [5.74, 6) is -1.67. The maximum absolute atomic E-state index is 11.5. The van der Waals surface area contributed by atoms with Crippen LogP contribution in [0.1, 0.15) is 34.1 Å². The highest BCUT2D eigenvalue weighted by molar-refractivity contribution is 5.84. The average molecular weight is 244 g/mol. The van der Waals surface area contributed by atoms with Crippen LogP contribution in [0.15, 0.2) is 0 Å². The van der Waals surface area contributed by atoms with Gasteiger partial charge in [-0.3, -0.25) is 9.59 Å². The predicted molar refractivity (Wildman–Crippen MR) is 62.3 cm³/mol. The summed E-state index contributed by atoms with van der Waals surface area (Å²) in [4.78, 5) is 33.0. The number of carboxylic acids is 1. The molecule has 0 aliphatic heterocycles. The van der Waals surface area contributed by atoms with Gasteiger partial charge in [-0.15, -0.1) is 0 Å². The number of carboxylic acid groups (broad SMARTS) is 1. The van der Waals surface area contributed by atoms with Gasteiger partial charge in [0, 0.05) is 19.9 Å². The van der Waals surface area contributed by atoms with Gasteiger partial charge in [0.1, 0.15) is 6.04 Å². The zero-order valence-electron chi connectivity index (χ0n) is 10.7. The van der Waals surface area contributed by atoms with Crippen LogP contribution in [0.2, 0.25) is 0 Å². The smallest absolute Gasteiger partial charge is 0.326 e. The summed E-state index contributed by atoms with van der Waals surface area (Å²) in [5, 5.41) is 13.9. The van der Waals surface area contributed by atoms with Gasteiger partial charge in [0.15, 0.2) is 0 Å². The first kappa shape index (κ1) is 15.4. The number of carbonyl (C=O) groups excluding carboxylic acids is 2. The second-order valence-electron chi connectivity index (χ2n) is 4.94. The number of hydrogen-bond donors (Lipinski definition) is 3. The molecule has 0 aromatic carbocycles. The van der Waals surface area contributed by atoms with E-state index in [0.717, 1.165) is 0 Å². The van der Waals surface area contributed by atoms with E-state index in [4.69, 9.17) is 5.11 Å². The second kappa shape index (κ2) is 6.22. The number of aliphatic carboxylic acids is 1. The third-order valence-electron chi connectivity index (χ3n) is 2.14. The van der Waals surface area contributed by atoms with E-state index >= 15 is 0 Å². The largest absolute Gasteiger partial charge is 0.480 e. The molecule has 0 heterocycles. The van der Waals surface area contributed by atoms with E-state index in [1.807, 2.05) is 0 Å². The SMILES string of the molecule is CC(=O)NCCC(=O)N[C@H](C(=O)O)C(C)(C)C. The van der Waals surface area contributed by atoms with Gasteiger partial charge < -0.3 is 15.7 Å². The van der Waals surface area contributed by atoms with Crippen LogP contribution in [-0.4, -0.2) is 35.5 Å². The molecule has 0 aliphatic carbocycles. The van der Waals surface area contributed by atoms with Crippen molar-refractivity contribution >= 4 is 17.8 Å². The Morgan fingerprint density at radius 2 is 1.76 bits per heavy atom. The van der Waals surface area contributed by atoms with Crippen molar-refractivity contribution in [2.45, 2.75) is 40.2 Å². The summed E-state index contributed by atoms with van der Waals surface area (Å²) in [5.41, 5.74) is -0.560. The van der Waals surface area contributed by atoms with Crippen molar-refractivity contribution < 1.29 is 19.5 Å². The topological polar surface area (TPSA) is 95.5 Å². The predicted octanol–water partition coefficient (Wildman–Crippen LogP) is 0.128. The van der Waals surface area contributed by atoms with Crippen molar-refractivity contribution in [2.75, 3.05) is 6.54 Å². The first-order chi connectivity index (χ1) is 7.64. The van der Waals surface area contributed by atoms with Crippen molar-refractivity contribution in [1.29, 1.82) is 0 Å². The Hall–Kier alpha value is -1.59. The van der Waals surface area contributed by atoms with Crippen LogP contribution in [0, 0.1) is 5.41 Å². The molecular formula is C11H20N2O4. The van der Waals surface area contributed by atoms with E-state index in [1.54, 1.807) is 20.8 Å². The van der Waals surface area contributed by atoms with Gasteiger partial charge >= 0.3 is 5.97 Å². The van der Waals surface area contributed by atoms with E-state index in [9.17, 15) is 14.4 Å². The van der Waals surface area contributed by atoms with Crippen LogP contribution in [0.5, 0.6) is 0 Å². The summed E-state index contributed by atoms with van der Waals surface area (Å²) in [6.07, 6.45) is 0.0689. The van der Waals surface area contributed by atoms with Gasteiger partial charge in [-0.25, -0.2) is 4.79 Å². The van der Waals surface area contributed by atoms with Crippen LogP contribution in [-0.2, 0) is 14.4 Å². The zero-order chi connectivity index (χ0) is 13.6. The molecule has 6 heteroatoms. The van der Waals surface area contributed by atoms with Gasteiger partial charge in [0.2, 0.25) is 11.8 Å². The molecule has 1 atom stereocenters. The maximum atomic E-state index is 11.5. The van der Waals surface area contributed by atoms with Crippen molar-refractivity contribution in [3.05, 3.63) is 0 Å². The molecule has 0 unspecified atom stereocenters. The van der Waals surface area contributed by atoms with Crippen LogP contribution >= 0.6 is 0 Å². The highest BCUT2D eigenvalue weighted by atomic mass is 16.4. The van der Waals surface area contributed by atoms with Gasteiger partial charge in [-0.2, -0.15) is 0 Å². The Bertz CT molecular complexity index is 307. The van der Waals surface area contributed by atoms with E-state index in [0.29, 0.717) is 0 Å². The summed E-state index contributed by atoms with van der Waals surface area (Å²) in [6, 6.07) is -0.938. The average Bonchev–Trinajstić information content (AvgIpc) is 2.11. The zero-order valence-corrected chi connectivity index (χ0v) is 10.7. The lowest BCUT2D eigenvalue weighted by Crippen LogP contribution is -2.49. The lowest BCUT2D eigenvalue weighted by atomic mass is 9.86. The van der Waals surface area contributed by atoms with E-state index in [2.05, 4.69) is 10.6 Å². The van der Waals surface area contributed by atoms with Crippen LogP contribution in [0.4, 0.5) is 0 Å². The Morgan fingerprint density at radius 1 is 1.24 bits per heavy atom. The molecule has 0 fully saturated rings. The molecule has 0 spiro atoms. The Morgan fingerprint density at radius 3 is 2.12 bits per heavy atom. The third-order valence-corrected chi connectivity index (χ3v) is 2.14. The second-order valence-corrected chi connectivity index (χ2v) is 4.94. The third kappa shape index (κ3) is 6.55. The fourth-order valence-electron chi connectivity index (χ4n) is 1.23. The molecule has 98 valence electrons. The Kier molecular flexibility index (Phi) is 5.64. The number of amides is 2. The highest BCUT2D eigenvalue weighted by Gasteiger charge is 2.32.